The Balaban J connectivity index is 2.11. The number of primary amides is 1. The molecule has 11 nitrogen and oxygen atoms in total. The topological polar surface area (TPSA) is 156 Å². The number of nitrogens with two attached hydrogens (primary N) is 1. The number of aryl methyl sites for hydroxylation is 1. The average molecular weight is 468 g/mol. The van der Waals surface area contributed by atoms with Gasteiger partial charge in [0.15, 0.2) is 11.6 Å². The van der Waals surface area contributed by atoms with Gasteiger partial charge in [-0.25, -0.2) is 19.6 Å². The lowest BCUT2D eigenvalue weighted by atomic mass is 10.1. The van der Waals surface area contributed by atoms with Gasteiger partial charge in [-0.05, 0) is 45.0 Å². The smallest absolute Gasteiger partial charge is 0.343 e. The number of carbonyl (C=O) groups excluding carboxylic acids is 3. The first-order valence-corrected chi connectivity index (χ1v) is 10.4. The number of aromatic nitrogens is 2. The molecule has 0 atom stereocenters. The van der Waals surface area contributed by atoms with Crippen LogP contribution in [0, 0.1) is 6.92 Å². The molecule has 11 heteroatoms. The minimum atomic E-state index is -0.926. The van der Waals surface area contributed by atoms with Crippen LogP contribution in [0.4, 0.5) is 11.7 Å². The van der Waals surface area contributed by atoms with Crippen molar-refractivity contribution in [2.24, 2.45) is 5.73 Å². The number of methoxy groups -OCH3 is 1. The van der Waals surface area contributed by atoms with E-state index in [0.29, 0.717) is 11.3 Å². The van der Waals surface area contributed by atoms with Crippen molar-refractivity contribution in [1.29, 1.82) is 0 Å². The quantitative estimate of drug-likeness (QED) is 0.447. The van der Waals surface area contributed by atoms with Crippen LogP contribution >= 0.6 is 0 Å². The Kier molecular flexibility index (Phi) is 7.46. The van der Waals surface area contributed by atoms with Gasteiger partial charge in [-0.1, -0.05) is 0 Å². The number of amides is 1. The molecule has 34 heavy (non-hydrogen) atoms. The monoisotopic (exact) mass is 468 g/mol. The van der Waals surface area contributed by atoms with Gasteiger partial charge in [0.05, 0.1) is 20.3 Å². The lowest BCUT2D eigenvalue weighted by Crippen LogP contribution is -2.18. The Bertz CT molecular complexity index is 1220. The van der Waals surface area contributed by atoms with Crippen molar-refractivity contribution in [3.05, 3.63) is 52.9 Å². The highest BCUT2D eigenvalue weighted by atomic mass is 16.5. The van der Waals surface area contributed by atoms with E-state index in [2.05, 4.69) is 15.3 Å². The molecule has 0 aliphatic rings. The van der Waals surface area contributed by atoms with Gasteiger partial charge in [-0.15, -0.1) is 0 Å². The van der Waals surface area contributed by atoms with Gasteiger partial charge in [-0.3, -0.25) is 4.79 Å². The molecule has 2 heterocycles. The minimum Gasteiger partial charge on any atom is -0.497 e. The summed E-state index contributed by atoms with van der Waals surface area (Å²) in [5.41, 5.74) is 5.81. The molecule has 0 bridgehead atoms. The molecule has 0 spiro atoms. The fraction of sp³-hybridized carbons (Fsp3) is 0.261. The first kappa shape index (κ1) is 24.2. The lowest BCUT2D eigenvalue weighted by molar-refractivity contribution is 0.0514. The van der Waals surface area contributed by atoms with Crippen molar-refractivity contribution in [2.75, 3.05) is 25.6 Å². The summed E-state index contributed by atoms with van der Waals surface area (Å²) in [6.07, 6.45) is 1.29. The fourth-order valence-corrected chi connectivity index (χ4v) is 3.14. The normalized spacial score (nSPS) is 10.5. The maximum atomic E-state index is 12.5. The van der Waals surface area contributed by atoms with Crippen molar-refractivity contribution >= 4 is 29.5 Å². The number of anilines is 2. The van der Waals surface area contributed by atoms with Crippen molar-refractivity contribution in [2.45, 2.75) is 20.8 Å². The van der Waals surface area contributed by atoms with Crippen LogP contribution in [0.3, 0.4) is 0 Å². The fourth-order valence-electron chi connectivity index (χ4n) is 3.14. The molecule has 1 aromatic carbocycles. The summed E-state index contributed by atoms with van der Waals surface area (Å²) in [5.74, 6) is -1.54. The van der Waals surface area contributed by atoms with Gasteiger partial charge in [0.2, 0.25) is 5.88 Å². The van der Waals surface area contributed by atoms with E-state index in [4.69, 9.17) is 24.4 Å². The number of ether oxygens (including phenoxy) is 3. The van der Waals surface area contributed by atoms with E-state index >= 15 is 0 Å². The molecule has 178 valence electrons. The molecule has 3 N–H and O–H groups in total. The maximum Gasteiger partial charge on any atom is 0.343 e. The molecule has 1 amide bonds. The molecular weight excluding hydrogens is 444 g/mol. The predicted molar refractivity (Wildman–Crippen MR) is 121 cm³/mol. The zero-order valence-electron chi connectivity index (χ0n) is 19.1. The summed E-state index contributed by atoms with van der Waals surface area (Å²) >= 11 is 0. The average Bonchev–Trinajstić information content (AvgIpc) is 3.15. The Morgan fingerprint density at radius 1 is 1.03 bits per heavy atom. The third-order valence-electron chi connectivity index (χ3n) is 4.67. The first-order chi connectivity index (χ1) is 16.3. The molecule has 0 unspecified atom stereocenters. The van der Waals surface area contributed by atoms with Crippen LogP contribution < -0.4 is 15.8 Å². The number of carbonyl (C=O) groups is 3. The van der Waals surface area contributed by atoms with Gasteiger partial charge in [0.1, 0.15) is 28.2 Å². The summed E-state index contributed by atoms with van der Waals surface area (Å²) in [6, 6.07) is 6.95. The number of nitrogens with one attached hydrogen (secondary N) is 1. The number of benzene rings is 1. The van der Waals surface area contributed by atoms with E-state index in [1.165, 1.54) is 13.1 Å². The number of hydrogen-bond acceptors (Lipinski definition) is 10. The minimum absolute atomic E-state index is 0.00840. The summed E-state index contributed by atoms with van der Waals surface area (Å²) < 4.78 is 20.9. The molecule has 0 saturated heterocycles. The van der Waals surface area contributed by atoms with Gasteiger partial charge in [0.25, 0.3) is 5.91 Å². The van der Waals surface area contributed by atoms with E-state index in [-0.39, 0.29) is 53.2 Å². The van der Waals surface area contributed by atoms with Crippen molar-refractivity contribution in [3.63, 3.8) is 0 Å². The predicted octanol–water partition coefficient (Wildman–Crippen LogP) is 3.25. The second-order valence-corrected chi connectivity index (χ2v) is 6.85. The highest BCUT2D eigenvalue weighted by molar-refractivity contribution is 6.09. The molecule has 0 aliphatic heterocycles. The summed E-state index contributed by atoms with van der Waals surface area (Å²) in [7, 11) is 1.55. The van der Waals surface area contributed by atoms with Crippen LogP contribution in [0.15, 0.2) is 34.9 Å². The summed E-state index contributed by atoms with van der Waals surface area (Å²) in [5, 5.41) is 2.80. The summed E-state index contributed by atoms with van der Waals surface area (Å²) in [4.78, 5) is 45.8. The zero-order chi connectivity index (χ0) is 24.8. The standard InChI is InChI=1S/C23H24N4O7/c1-5-32-22(29)15-11-25-19(13-7-9-14(31-4)10-8-13)26-20(15)27-21-17(18(24)28)16(12(3)34-21)23(30)33-6-2/h7-11H,5-6H2,1-4H3,(H2,24,28)(H,25,26,27). The number of esters is 2. The van der Waals surface area contributed by atoms with Crippen molar-refractivity contribution in [3.8, 4) is 17.1 Å². The molecule has 0 fully saturated rings. The third kappa shape index (κ3) is 4.98. The molecule has 0 aliphatic carbocycles. The van der Waals surface area contributed by atoms with Gasteiger partial charge >= 0.3 is 11.9 Å². The SMILES string of the molecule is CCOC(=O)c1cnc(-c2ccc(OC)cc2)nc1Nc1oc(C)c(C(=O)OCC)c1C(N)=O. The number of furan rings is 1. The van der Waals surface area contributed by atoms with Crippen LogP contribution in [-0.2, 0) is 9.47 Å². The van der Waals surface area contributed by atoms with E-state index in [1.54, 1.807) is 45.2 Å². The molecule has 0 saturated carbocycles. The number of rotatable bonds is 9. The second kappa shape index (κ2) is 10.5. The van der Waals surface area contributed by atoms with E-state index < -0.39 is 17.8 Å². The molecule has 2 aromatic heterocycles. The lowest BCUT2D eigenvalue weighted by Gasteiger charge is -2.11. The van der Waals surface area contributed by atoms with Crippen LogP contribution in [0.5, 0.6) is 5.75 Å². The zero-order valence-corrected chi connectivity index (χ0v) is 19.1. The Morgan fingerprint density at radius 3 is 2.26 bits per heavy atom. The van der Waals surface area contributed by atoms with E-state index in [0.717, 1.165) is 0 Å². The Morgan fingerprint density at radius 2 is 1.68 bits per heavy atom. The maximum absolute atomic E-state index is 12.5. The third-order valence-corrected chi connectivity index (χ3v) is 4.67. The molecular formula is C23H24N4O7. The highest BCUT2D eigenvalue weighted by Crippen LogP contribution is 2.31. The number of hydrogen-bond donors (Lipinski definition) is 2. The van der Waals surface area contributed by atoms with Crippen LogP contribution in [0.1, 0.15) is 50.7 Å². The number of nitrogens with zero attached hydrogens (tertiary/aromatic N) is 2. The summed E-state index contributed by atoms with van der Waals surface area (Å²) in [6.45, 7) is 4.99. The van der Waals surface area contributed by atoms with Crippen LogP contribution in [0.25, 0.3) is 11.4 Å². The van der Waals surface area contributed by atoms with Crippen LogP contribution in [-0.4, -0.2) is 48.1 Å². The second-order valence-electron chi connectivity index (χ2n) is 6.85. The Labute approximate surface area is 195 Å². The van der Waals surface area contributed by atoms with Gasteiger partial charge in [-0.2, -0.15) is 0 Å². The molecule has 3 aromatic rings. The van der Waals surface area contributed by atoms with Crippen molar-refractivity contribution < 1.29 is 33.0 Å². The largest absolute Gasteiger partial charge is 0.497 e. The Hall–Kier alpha value is -4.41. The van der Waals surface area contributed by atoms with Gasteiger partial charge < -0.3 is 29.7 Å². The first-order valence-electron chi connectivity index (χ1n) is 10.4. The highest BCUT2D eigenvalue weighted by Gasteiger charge is 2.29. The van der Waals surface area contributed by atoms with Crippen LogP contribution in [0.2, 0.25) is 0 Å². The molecule has 3 rings (SSSR count). The van der Waals surface area contributed by atoms with Crippen molar-refractivity contribution in [1.82, 2.24) is 9.97 Å². The molecule has 0 radical (unpaired) electrons. The van der Waals surface area contributed by atoms with E-state index in [9.17, 15) is 14.4 Å². The van der Waals surface area contributed by atoms with E-state index in [1.807, 2.05) is 0 Å². The van der Waals surface area contributed by atoms with Gasteiger partial charge in [0, 0.05) is 11.8 Å².